The van der Waals surface area contributed by atoms with E-state index < -0.39 is 11.7 Å². The molecule has 5 nitrogen and oxygen atoms in total. The van der Waals surface area contributed by atoms with Crippen LogP contribution in [-0.2, 0) is 12.8 Å². The number of pyridine rings is 1. The van der Waals surface area contributed by atoms with E-state index in [4.69, 9.17) is 4.74 Å². The molecule has 0 bridgehead atoms. The largest absolute Gasteiger partial charge is 0.473 e. The van der Waals surface area contributed by atoms with Gasteiger partial charge in [0.2, 0.25) is 5.88 Å². The Morgan fingerprint density at radius 1 is 1.08 bits per heavy atom. The number of ether oxygens (including phenoxy) is 1. The summed E-state index contributed by atoms with van der Waals surface area (Å²) in [5.74, 6) is 0.148. The Labute approximate surface area is 140 Å². The van der Waals surface area contributed by atoms with Crippen molar-refractivity contribution in [2.45, 2.75) is 12.8 Å². The van der Waals surface area contributed by atoms with E-state index in [2.05, 4.69) is 15.2 Å². The zero-order valence-electron chi connectivity index (χ0n) is 12.7. The van der Waals surface area contributed by atoms with Crippen molar-refractivity contribution < 1.29 is 17.9 Å². The molecule has 128 valence electrons. The summed E-state index contributed by atoms with van der Waals surface area (Å²) in [6, 6.07) is 9.73. The summed E-state index contributed by atoms with van der Waals surface area (Å²) < 4.78 is 44.4. The lowest BCUT2D eigenvalue weighted by Gasteiger charge is -2.13. The molecule has 0 saturated heterocycles. The van der Waals surface area contributed by atoms with Gasteiger partial charge in [-0.15, -0.1) is 0 Å². The Hall–Kier alpha value is -3.16. The zero-order valence-corrected chi connectivity index (χ0v) is 12.7. The van der Waals surface area contributed by atoms with Crippen LogP contribution in [0.2, 0.25) is 0 Å². The molecule has 0 atom stereocenters. The first-order valence-electron chi connectivity index (χ1n) is 7.22. The predicted molar refractivity (Wildman–Crippen MR) is 83.9 cm³/mol. The fourth-order valence-electron chi connectivity index (χ4n) is 2.28. The van der Waals surface area contributed by atoms with Gasteiger partial charge < -0.3 is 4.74 Å². The lowest BCUT2D eigenvalue weighted by atomic mass is 10.1. The lowest BCUT2D eigenvalue weighted by molar-refractivity contribution is -0.138. The lowest BCUT2D eigenvalue weighted by Crippen LogP contribution is -2.11. The van der Waals surface area contributed by atoms with Crippen LogP contribution in [0.3, 0.4) is 0 Å². The molecule has 2 aromatic heterocycles. The number of alkyl halides is 3. The third-order valence-electron chi connectivity index (χ3n) is 3.43. The maximum atomic E-state index is 13.0. The molecular weight excluding hydrogens is 335 g/mol. The van der Waals surface area contributed by atoms with Crippen LogP contribution in [0, 0.1) is 0 Å². The number of hydrogen-bond donors (Lipinski definition) is 1. The first kappa shape index (κ1) is 16.7. The smallest absolute Gasteiger partial charge is 0.416 e. The van der Waals surface area contributed by atoms with E-state index in [1.807, 2.05) is 0 Å². The summed E-state index contributed by atoms with van der Waals surface area (Å²) in [5.41, 5.74) is 0.0697. The van der Waals surface area contributed by atoms with Crippen molar-refractivity contribution in [1.29, 1.82) is 0 Å². The average Bonchev–Trinajstić information content (AvgIpc) is 2.60. The molecule has 0 aliphatic heterocycles. The van der Waals surface area contributed by atoms with Gasteiger partial charge in [0, 0.05) is 29.5 Å². The molecule has 3 rings (SSSR count). The van der Waals surface area contributed by atoms with E-state index in [9.17, 15) is 18.0 Å². The predicted octanol–water partition coefficient (Wildman–Crippen LogP) is 3.43. The third-order valence-corrected chi connectivity index (χ3v) is 3.43. The Balaban J connectivity index is 1.82. The van der Waals surface area contributed by atoms with Crippen molar-refractivity contribution in [2.75, 3.05) is 0 Å². The van der Waals surface area contributed by atoms with Gasteiger partial charge in [0.05, 0.1) is 11.8 Å². The number of rotatable bonds is 4. The van der Waals surface area contributed by atoms with Gasteiger partial charge in [-0.1, -0.05) is 18.2 Å². The normalized spacial score (nSPS) is 11.3. The summed E-state index contributed by atoms with van der Waals surface area (Å²) in [6.45, 7) is -0.278. The van der Waals surface area contributed by atoms with Crippen LogP contribution in [0.25, 0.3) is 11.1 Å². The number of nitrogens with one attached hydrogen (secondary N) is 1. The van der Waals surface area contributed by atoms with Crippen LogP contribution >= 0.6 is 0 Å². The molecule has 1 N–H and O–H groups in total. The highest BCUT2D eigenvalue weighted by atomic mass is 19.4. The van der Waals surface area contributed by atoms with Gasteiger partial charge in [-0.2, -0.15) is 18.3 Å². The monoisotopic (exact) mass is 347 g/mol. The highest BCUT2D eigenvalue weighted by Crippen LogP contribution is 2.32. The van der Waals surface area contributed by atoms with Crippen molar-refractivity contribution >= 4 is 0 Å². The molecule has 0 amide bonds. The molecule has 25 heavy (non-hydrogen) atoms. The summed E-state index contributed by atoms with van der Waals surface area (Å²) in [5, 5.41) is 5.96. The topological polar surface area (TPSA) is 67.9 Å². The fraction of sp³-hybridized carbons (Fsp3) is 0.118. The number of benzene rings is 1. The maximum absolute atomic E-state index is 13.0. The van der Waals surface area contributed by atoms with Gasteiger partial charge in [0.25, 0.3) is 5.56 Å². The van der Waals surface area contributed by atoms with Crippen LogP contribution in [0.4, 0.5) is 13.2 Å². The van der Waals surface area contributed by atoms with E-state index in [1.165, 1.54) is 42.7 Å². The number of hydrogen-bond acceptors (Lipinski definition) is 4. The van der Waals surface area contributed by atoms with E-state index in [0.29, 0.717) is 11.1 Å². The summed E-state index contributed by atoms with van der Waals surface area (Å²) in [7, 11) is 0. The highest BCUT2D eigenvalue weighted by Gasteiger charge is 2.32. The molecule has 0 aliphatic rings. The van der Waals surface area contributed by atoms with E-state index in [1.54, 1.807) is 6.07 Å². The second-order valence-electron chi connectivity index (χ2n) is 5.16. The summed E-state index contributed by atoms with van der Waals surface area (Å²) in [6.07, 6.45) is -1.55. The van der Waals surface area contributed by atoms with Crippen molar-refractivity contribution in [3.63, 3.8) is 0 Å². The van der Waals surface area contributed by atoms with Crippen molar-refractivity contribution in [3.8, 4) is 17.0 Å². The molecule has 8 heteroatoms. The minimum atomic E-state index is -4.45. The van der Waals surface area contributed by atoms with Gasteiger partial charge in [0.1, 0.15) is 6.61 Å². The second-order valence-corrected chi connectivity index (χ2v) is 5.16. The maximum Gasteiger partial charge on any atom is 0.416 e. The van der Waals surface area contributed by atoms with E-state index in [0.717, 1.165) is 6.07 Å². The number of halogens is 3. The average molecular weight is 347 g/mol. The van der Waals surface area contributed by atoms with Crippen LogP contribution in [-0.4, -0.2) is 15.2 Å². The third kappa shape index (κ3) is 4.03. The first-order valence-corrected chi connectivity index (χ1v) is 7.22. The first-order chi connectivity index (χ1) is 11.9. The molecular formula is C17H12F3N3O2. The molecule has 0 spiro atoms. The van der Waals surface area contributed by atoms with Crippen LogP contribution < -0.4 is 10.3 Å². The number of aromatic amines is 1. The molecule has 0 aliphatic carbocycles. The van der Waals surface area contributed by atoms with Gasteiger partial charge in [-0.25, -0.2) is 10.1 Å². The quantitative estimate of drug-likeness (QED) is 0.785. The Kier molecular flexibility index (Phi) is 4.51. The molecule has 0 fully saturated rings. The number of nitrogens with zero attached hydrogens (tertiary/aromatic N) is 2. The Morgan fingerprint density at radius 2 is 1.88 bits per heavy atom. The van der Waals surface area contributed by atoms with Gasteiger partial charge in [0.15, 0.2) is 0 Å². The van der Waals surface area contributed by atoms with Crippen LogP contribution in [0.5, 0.6) is 5.88 Å². The van der Waals surface area contributed by atoms with Crippen LogP contribution in [0.1, 0.15) is 11.1 Å². The molecule has 3 aromatic rings. The van der Waals surface area contributed by atoms with Crippen molar-refractivity contribution in [1.82, 2.24) is 15.2 Å². The van der Waals surface area contributed by atoms with Gasteiger partial charge in [-0.3, -0.25) is 4.79 Å². The van der Waals surface area contributed by atoms with Crippen LogP contribution in [0.15, 0.2) is 59.7 Å². The van der Waals surface area contributed by atoms with Gasteiger partial charge >= 0.3 is 6.18 Å². The number of aromatic nitrogens is 3. The molecule has 2 heterocycles. The second kappa shape index (κ2) is 6.76. The minimum Gasteiger partial charge on any atom is -0.473 e. The summed E-state index contributed by atoms with van der Waals surface area (Å²) in [4.78, 5) is 15.3. The zero-order chi connectivity index (χ0) is 17.9. The Morgan fingerprint density at radius 3 is 2.64 bits per heavy atom. The molecule has 0 unspecified atom stereocenters. The Bertz CT molecular complexity index is 938. The van der Waals surface area contributed by atoms with Crippen molar-refractivity contribution in [2.24, 2.45) is 0 Å². The standard InChI is InChI=1S/C17H12F3N3O2/c18-17(19,20)14-4-2-1-3-12(14)10-25-16-8-11(5-6-21-16)13-7-15(24)23-22-9-13/h1-9H,10H2,(H,23,24). The molecule has 0 radical (unpaired) electrons. The molecule has 1 aromatic carbocycles. The highest BCUT2D eigenvalue weighted by molar-refractivity contribution is 5.62. The SMILES string of the molecule is O=c1cc(-c2ccnc(OCc3ccccc3C(F)(F)F)c2)cn[nH]1. The fourth-order valence-corrected chi connectivity index (χ4v) is 2.28. The number of H-pyrrole nitrogens is 1. The molecule has 0 saturated carbocycles. The van der Waals surface area contributed by atoms with Crippen molar-refractivity contribution in [3.05, 3.63) is 76.3 Å². The van der Waals surface area contributed by atoms with E-state index >= 15 is 0 Å². The minimum absolute atomic E-state index is 0.0139. The summed E-state index contributed by atoms with van der Waals surface area (Å²) >= 11 is 0. The van der Waals surface area contributed by atoms with Gasteiger partial charge in [-0.05, 0) is 17.7 Å². The van der Waals surface area contributed by atoms with E-state index in [-0.39, 0.29) is 23.6 Å².